The Bertz CT molecular complexity index is 295. The van der Waals surface area contributed by atoms with E-state index in [0.717, 1.165) is 0 Å². The van der Waals surface area contributed by atoms with Gasteiger partial charge in [-0.15, -0.1) is 0 Å². The molecule has 0 aliphatic rings. The van der Waals surface area contributed by atoms with Crippen LogP contribution in [-0.2, 0) is 19.1 Å². The van der Waals surface area contributed by atoms with Crippen LogP contribution in [-0.4, -0.2) is 25.2 Å². The molecule has 0 bridgehead atoms. The number of hydrogen-bond acceptors (Lipinski definition) is 6. The monoisotopic (exact) mass is 238 g/mol. The summed E-state index contributed by atoms with van der Waals surface area (Å²) in [5, 5.41) is 16.4. The van der Waals surface area contributed by atoms with Crippen molar-refractivity contribution in [2.45, 2.75) is 32.1 Å². The van der Waals surface area contributed by atoms with Gasteiger partial charge in [0.25, 0.3) is 0 Å². The number of hydrogen-bond donors (Lipinski definition) is 0. The van der Waals surface area contributed by atoms with Crippen molar-refractivity contribution in [3.8, 4) is 12.1 Å². The molecule has 0 amide bonds. The van der Waals surface area contributed by atoms with E-state index in [1.165, 1.54) is 0 Å². The number of nitriles is 2. The molecular formula is C11H14N2O4. The molecule has 0 saturated carbocycles. The molecule has 17 heavy (non-hydrogen) atoms. The molecule has 0 aliphatic heterocycles. The minimum atomic E-state index is -0.426. The Morgan fingerprint density at radius 1 is 0.882 bits per heavy atom. The SMILES string of the molecule is N#CCCOC(=O)CCCC(=O)OCCC#N. The van der Waals surface area contributed by atoms with Crippen LogP contribution in [0, 0.1) is 22.7 Å². The summed E-state index contributed by atoms with van der Waals surface area (Å²) in [5.74, 6) is -0.852. The summed E-state index contributed by atoms with van der Waals surface area (Å²) in [4.78, 5) is 22.1. The molecule has 0 N–H and O–H groups in total. The van der Waals surface area contributed by atoms with Gasteiger partial charge < -0.3 is 9.47 Å². The third-order valence-corrected chi connectivity index (χ3v) is 1.72. The Morgan fingerprint density at radius 2 is 1.29 bits per heavy atom. The fraction of sp³-hybridized carbons (Fsp3) is 0.636. The van der Waals surface area contributed by atoms with Gasteiger partial charge in [0.05, 0.1) is 25.0 Å². The predicted molar refractivity (Wildman–Crippen MR) is 56.2 cm³/mol. The molecule has 0 saturated heterocycles. The smallest absolute Gasteiger partial charge is 0.305 e. The maximum absolute atomic E-state index is 11.0. The number of carbonyl (C=O) groups is 2. The van der Waals surface area contributed by atoms with Crippen LogP contribution in [0.4, 0.5) is 0 Å². The second-order valence-corrected chi connectivity index (χ2v) is 3.11. The number of rotatable bonds is 8. The minimum Gasteiger partial charge on any atom is -0.465 e. The number of esters is 2. The van der Waals surface area contributed by atoms with E-state index in [0.29, 0.717) is 6.42 Å². The predicted octanol–water partition coefficient (Wildman–Crippen LogP) is 1.07. The first-order valence-electron chi connectivity index (χ1n) is 5.26. The van der Waals surface area contributed by atoms with E-state index in [1.54, 1.807) is 0 Å². The van der Waals surface area contributed by atoms with Crippen LogP contribution in [0.2, 0.25) is 0 Å². The van der Waals surface area contributed by atoms with Crippen molar-refractivity contribution in [3.05, 3.63) is 0 Å². The Hall–Kier alpha value is -2.08. The highest BCUT2D eigenvalue weighted by atomic mass is 16.5. The van der Waals surface area contributed by atoms with Crippen molar-refractivity contribution in [1.82, 2.24) is 0 Å². The van der Waals surface area contributed by atoms with Gasteiger partial charge in [0.15, 0.2) is 0 Å². The van der Waals surface area contributed by atoms with Crippen LogP contribution in [0.15, 0.2) is 0 Å². The van der Waals surface area contributed by atoms with Crippen LogP contribution in [0.25, 0.3) is 0 Å². The van der Waals surface area contributed by atoms with E-state index >= 15 is 0 Å². The first-order valence-corrected chi connectivity index (χ1v) is 5.26. The van der Waals surface area contributed by atoms with Crippen molar-refractivity contribution >= 4 is 11.9 Å². The van der Waals surface area contributed by atoms with Crippen LogP contribution in [0.5, 0.6) is 0 Å². The lowest BCUT2D eigenvalue weighted by Gasteiger charge is -2.03. The molecule has 0 radical (unpaired) electrons. The summed E-state index contributed by atoms with van der Waals surface area (Å²) in [5.41, 5.74) is 0. The highest BCUT2D eigenvalue weighted by Gasteiger charge is 2.06. The van der Waals surface area contributed by atoms with Gasteiger partial charge >= 0.3 is 11.9 Å². The van der Waals surface area contributed by atoms with Crippen molar-refractivity contribution in [2.24, 2.45) is 0 Å². The van der Waals surface area contributed by atoms with Crippen LogP contribution < -0.4 is 0 Å². The van der Waals surface area contributed by atoms with E-state index in [4.69, 9.17) is 20.0 Å². The number of ether oxygens (including phenoxy) is 2. The lowest BCUT2D eigenvalue weighted by Crippen LogP contribution is -2.09. The van der Waals surface area contributed by atoms with Crippen molar-refractivity contribution in [3.63, 3.8) is 0 Å². The minimum absolute atomic E-state index is 0.0853. The average molecular weight is 238 g/mol. The van der Waals surface area contributed by atoms with Gasteiger partial charge in [-0.25, -0.2) is 0 Å². The molecule has 6 nitrogen and oxygen atoms in total. The zero-order valence-electron chi connectivity index (χ0n) is 9.48. The lowest BCUT2D eigenvalue weighted by molar-refractivity contribution is -0.145. The average Bonchev–Trinajstić information content (AvgIpc) is 2.30. The normalized spacial score (nSPS) is 8.82. The summed E-state index contributed by atoms with van der Waals surface area (Å²) in [6.45, 7) is 0.171. The maximum atomic E-state index is 11.0. The third-order valence-electron chi connectivity index (χ3n) is 1.72. The second-order valence-electron chi connectivity index (χ2n) is 3.11. The van der Waals surface area contributed by atoms with Gasteiger partial charge in [-0.2, -0.15) is 10.5 Å². The van der Waals surface area contributed by atoms with E-state index < -0.39 is 11.9 Å². The van der Waals surface area contributed by atoms with Gasteiger partial charge in [0.1, 0.15) is 13.2 Å². The molecule has 0 aromatic rings. The molecule has 0 rings (SSSR count). The Balaban J connectivity index is 3.43. The zero-order valence-corrected chi connectivity index (χ0v) is 9.48. The molecule has 0 unspecified atom stereocenters. The lowest BCUT2D eigenvalue weighted by atomic mass is 10.2. The molecule has 0 heterocycles. The number of nitrogens with zero attached hydrogens (tertiary/aromatic N) is 2. The fourth-order valence-corrected chi connectivity index (χ4v) is 0.942. The summed E-state index contributed by atoms with van der Waals surface area (Å²) >= 11 is 0. The van der Waals surface area contributed by atoms with E-state index in [9.17, 15) is 9.59 Å². The fourth-order valence-electron chi connectivity index (χ4n) is 0.942. The molecule has 0 aromatic heterocycles. The van der Waals surface area contributed by atoms with Gasteiger partial charge in [-0.1, -0.05) is 0 Å². The highest BCUT2D eigenvalue weighted by Crippen LogP contribution is 2.00. The topological polar surface area (TPSA) is 100 Å². The maximum Gasteiger partial charge on any atom is 0.305 e. The van der Waals surface area contributed by atoms with Gasteiger partial charge in [0.2, 0.25) is 0 Å². The summed E-state index contributed by atoms with van der Waals surface area (Å²) in [6, 6.07) is 3.70. The Labute approximate surface area is 99.7 Å². The van der Waals surface area contributed by atoms with Crippen LogP contribution in [0.1, 0.15) is 32.1 Å². The van der Waals surface area contributed by atoms with E-state index in [2.05, 4.69) is 0 Å². The van der Waals surface area contributed by atoms with Gasteiger partial charge in [0, 0.05) is 12.8 Å². The van der Waals surface area contributed by atoms with Crippen LogP contribution in [0.3, 0.4) is 0 Å². The zero-order chi connectivity index (χ0) is 12.9. The summed E-state index contributed by atoms with van der Waals surface area (Å²) in [6.07, 6.45) is 0.929. The Kier molecular flexibility index (Phi) is 9.16. The van der Waals surface area contributed by atoms with E-state index in [-0.39, 0.29) is 38.9 Å². The molecule has 0 atom stereocenters. The Morgan fingerprint density at radius 3 is 1.65 bits per heavy atom. The van der Waals surface area contributed by atoms with Crippen molar-refractivity contribution in [1.29, 1.82) is 10.5 Å². The third kappa shape index (κ3) is 10.2. The standard InChI is InChI=1S/C11H14N2O4/c12-6-2-8-16-10(14)4-1-5-11(15)17-9-3-7-13/h1-5,8-9H2. The number of carbonyl (C=O) groups excluding carboxylic acids is 2. The summed E-state index contributed by atoms with van der Waals surface area (Å²) < 4.78 is 9.41. The largest absolute Gasteiger partial charge is 0.465 e. The van der Waals surface area contributed by atoms with Gasteiger partial charge in [-0.3, -0.25) is 9.59 Å². The molecule has 92 valence electrons. The quantitative estimate of drug-likeness (QED) is 0.463. The van der Waals surface area contributed by atoms with Gasteiger partial charge in [-0.05, 0) is 6.42 Å². The molecule has 0 aliphatic carbocycles. The van der Waals surface area contributed by atoms with E-state index in [1.807, 2.05) is 12.1 Å². The summed E-state index contributed by atoms with van der Waals surface area (Å²) in [7, 11) is 0. The molecule has 6 heteroatoms. The van der Waals surface area contributed by atoms with Crippen molar-refractivity contribution < 1.29 is 19.1 Å². The van der Waals surface area contributed by atoms with Crippen molar-refractivity contribution in [2.75, 3.05) is 13.2 Å². The molecular weight excluding hydrogens is 224 g/mol. The highest BCUT2D eigenvalue weighted by molar-refractivity contribution is 5.72. The first-order chi connectivity index (χ1) is 8.20. The van der Waals surface area contributed by atoms with Crippen LogP contribution >= 0.6 is 0 Å². The molecule has 0 aromatic carbocycles. The second kappa shape index (κ2) is 10.4. The molecule has 0 spiro atoms. The first kappa shape index (κ1) is 14.9. The molecule has 0 fully saturated rings.